The van der Waals surface area contributed by atoms with Crippen molar-refractivity contribution in [1.29, 1.82) is 0 Å². The van der Waals surface area contributed by atoms with Gasteiger partial charge in [-0.05, 0) is 22.0 Å². The van der Waals surface area contributed by atoms with Crippen LogP contribution in [0.2, 0.25) is 0 Å². The average molecular weight is 345 g/mol. The number of nitrogens with zero attached hydrogens (tertiary/aromatic N) is 1. The molecule has 0 atom stereocenters. The number of carboxylic acid groups (broad SMARTS) is 1. The van der Waals surface area contributed by atoms with Gasteiger partial charge >= 0.3 is 5.97 Å². The van der Waals surface area contributed by atoms with E-state index in [0.717, 1.165) is 12.1 Å². The van der Waals surface area contributed by atoms with E-state index in [1.54, 1.807) is 0 Å². The van der Waals surface area contributed by atoms with E-state index in [1.807, 2.05) is 0 Å². The Bertz CT molecular complexity index is 613. The number of carboxylic acids is 1. The molecule has 0 amide bonds. The molecule has 0 saturated carbocycles. The Morgan fingerprint density at radius 1 is 1.47 bits per heavy atom. The lowest BCUT2D eigenvalue weighted by atomic mass is 10.2. The van der Waals surface area contributed by atoms with Crippen LogP contribution in [0.15, 0.2) is 21.5 Å². The van der Waals surface area contributed by atoms with Crippen LogP contribution in [0, 0.1) is 10.1 Å². The van der Waals surface area contributed by atoms with Gasteiger partial charge in [-0.25, -0.2) is 13.2 Å². The monoisotopic (exact) mass is 343 g/mol. The van der Waals surface area contributed by atoms with Gasteiger partial charge in [-0.1, -0.05) is 0 Å². The second-order valence-corrected chi connectivity index (χ2v) is 6.13. The maximum atomic E-state index is 11.1. The molecule has 0 radical (unpaired) electrons. The molecule has 0 aliphatic heterocycles. The molecule has 0 aromatic heterocycles. The molecule has 1 rings (SSSR count). The van der Waals surface area contributed by atoms with Crippen molar-refractivity contribution in [2.75, 3.05) is 0 Å². The predicted molar refractivity (Wildman–Crippen MR) is 60.8 cm³/mol. The molecule has 92 valence electrons. The number of rotatable bonds is 3. The highest BCUT2D eigenvalue weighted by Crippen LogP contribution is 2.34. The van der Waals surface area contributed by atoms with Gasteiger partial charge in [0.05, 0.1) is 10.5 Å². The molecule has 7 nitrogen and oxygen atoms in total. The Morgan fingerprint density at radius 2 is 2.00 bits per heavy atom. The van der Waals surface area contributed by atoms with Crippen molar-refractivity contribution in [2.45, 2.75) is 4.90 Å². The number of aromatic carboxylic acids is 1. The first-order valence-electron chi connectivity index (χ1n) is 3.80. The van der Waals surface area contributed by atoms with E-state index < -0.39 is 36.1 Å². The van der Waals surface area contributed by atoms with E-state index in [9.17, 15) is 23.3 Å². The summed E-state index contributed by atoms with van der Waals surface area (Å²) in [6.07, 6.45) is 0. The minimum Gasteiger partial charge on any atom is -0.478 e. The summed E-state index contributed by atoms with van der Waals surface area (Å²) in [6.45, 7) is 0. The Kier molecular flexibility index (Phi) is 3.74. The van der Waals surface area contributed by atoms with Crippen molar-refractivity contribution >= 4 is 47.3 Å². The number of nitro benzene ring substituents is 1. The minimum absolute atomic E-state index is 0.387. The van der Waals surface area contributed by atoms with E-state index in [0.29, 0.717) is 0 Å². The van der Waals surface area contributed by atoms with Crippen LogP contribution in [-0.4, -0.2) is 24.4 Å². The SMILES string of the molecule is O=C(O)c1cc([N+](=O)[O-])c(Br)c(S(=O)(=O)Cl)c1. The van der Waals surface area contributed by atoms with E-state index in [4.69, 9.17) is 15.8 Å². The van der Waals surface area contributed by atoms with E-state index in [2.05, 4.69) is 15.9 Å². The number of benzene rings is 1. The zero-order valence-electron chi connectivity index (χ0n) is 7.75. The Morgan fingerprint density at radius 3 is 2.35 bits per heavy atom. The molecule has 1 N–H and O–H groups in total. The number of halogens is 2. The smallest absolute Gasteiger partial charge is 0.335 e. The normalized spacial score (nSPS) is 11.2. The lowest BCUT2D eigenvalue weighted by molar-refractivity contribution is -0.385. The second-order valence-electron chi connectivity index (χ2n) is 2.81. The van der Waals surface area contributed by atoms with Crippen LogP contribution in [0.5, 0.6) is 0 Å². The summed E-state index contributed by atoms with van der Waals surface area (Å²) in [5.74, 6) is -1.50. The Labute approximate surface area is 108 Å². The molecule has 0 bridgehead atoms. The van der Waals surface area contributed by atoms with Crippen molar-refractivity contribution in [3.63, 3.8) is 0 Å². The lowest BCUT2D eigenvalue weighted by Gasteiger charge is -2.03. The molecule has 0 fully saturated rings. The summed E-state index contributed by atoms with van der Waals surface area (Å²) in [6, 6.07) is 1.47. The van der Waals surface area contributed by atoms with Gasteiger partial charge < -0.3 is 5.11 Å². The van der Waals surface area contributed by atoms with Gasteiger partial charge in [0.25, 0.3) is 14.7 Å². The third-order valence-electron chi connectivity index (χ3n) is 1.73. The van der Waals surface area contributed by atoms with Crippen LogP contribution in [-0.2, 0) is 9.05 Å². The fraction of sp³-hybridized carbons (Fsp3) is 0. The van der Waals surface area contributed by atoms with Crippen molar-refractivity contribution in [3.8, 4) is 0 Å². The minimum atomic E-state index is -4.29. The summed E-state index contributed by atoms with van der Waals surface area (Å²) in [5.41, 5.74) is -1.23. The van der Waals surface area contributed by atoms with Crippen LogP contribution in [0.1, 0.15) is 10.4 Å². The Balaban J connectivity index is 3.73. The van der Waals surface area contributed by atoms with Crippen molar-refractivity contribution < 1.29 is 23.2 Å². The summed E-state index contributed by atoms with van der Waals surface area (Å²) in [5, 5.41) is 19.3. The van der Waals surface area contributed by atoms with Gasteiger partial charge in [0.15, 0.2) is 0 Å². The highest BCUT2D eigenvalue weighted by molar-refractivity contribution is 9.10. The highest BCUT2D eigenvalue weighted by Gasteiger charge is 2.26. The van der Waals surface area contributed by atoms with Gasteiger partial charge in [0.2, 0.25) is 0 Å². The van der Waals surface area contributed by atoms with E-state index >= 15 is 0 Å². The van der Waals surface area contributed by atoms with Gasteiger partial charge in [0, 0.05) is 16.7 Å². The summed E-state index contributed by atoms with van der Waals surface area (Å²) >= 11 is 2.70. The van der Waals surface area contributed by atoms with Gasteiger partial charge in [-0.3, -0.25) is 10.1 Å². The van der Waals surface area contributed by atoms with Crippen LogP contribution in [0.3, 0.4) is 0 Å². The first-order chi connectivity index (χ1) is 7.64. The van der Waals surface area contributed by atoms with E-state index in [1.165, 1.54) is 0 Å². The fourth-order valence-electron chi connectivity index (χ4n) is 1.02. The van der Waals surface area contributed by atoms with Crippen molar-refractivity contribution in [3.05, 3.63) is 32.3 Å². The van der Waals surface area contributed by atoms with Gasteiger partial charge in [0.1, 0.15) is 9.37 Å². The van der Waals surface area contributed by atoms with Crippen LogP contribution < -0.4 is 0 Å². The first kappa shape index (κ1) is 13.9. The van der Waals surface area contributed by atoms with E-state index in [-0.39, 0.29) is 4.47 Å². The molecule has 0 saturated heterocycles. The maximum Gasteiger partial charge on any atom is 0.335 e. The molecule has 1 aromatic carbocycles. The molecule has 0 heterocycles. The summed E-state index contributed by atoms with van der Waals surface area (Å²) in [4.78, 5) is 19.7. The molecular formula is C7H3BrClNO6S. The van der Waals surface area contributed by atoms with Crippen LogP contribution in [0.25, 0.3) is 0 Å². The highest BCUT2D eigenvalue weighted by atomic mass is 79.9. The molecule has 10 heteroatoms. The van der Waals surface area contributed by atoms with Crippen molar-refractivity contribution in [1.82, 2.24) is 0 Å². The second kappa shape index (κ2) is 4.59. The summed E-state index contributed by atoms with van der Waals surface area (Å²) < 4.78 is 21.9. The molecule has 1 aromatic rings. The fourth-order valence-corrected chi connectivity index (χ4v) is 3.26. The van der Waals surface area contributed by atoms with Crippen molar-refractivity contribution in [2.24, 2.45) is 0 Å². The van der Waals surface area contributed by atoms with Gasteiger partial charge in [-0.15, -0.1) is 0 Å². The Hall–Kier alpha value is -1.19. The largest absolute Gasteiger partial charge is 0.478 e. The standard InChI is InChI=1S/C7H3BrClNO6S/c8-6-4(10(13)14)1-3(7(11)12)2-5(6)17(9,15)16/h1-2H,(H,11,12). The third kappa shape index (κ3) is 2.93. The molecule has 0 aliphatic carbocycles. The maximum absolute atomic E-state index is 11.1. The zero-order chi connectivity index (χ0) is 13.4. The zero-order valence-corrected chi connectivity index (χ0v) is 10.9. The first-order valence-corrected chi connectivity index (χ1v) is 6.90. The molecule has 17 heavy (non-hydrogen) atoms. The van der Waals surface area contributed by atoms with Crippen LogP contribution in [0.4, 0.5) is 5.69 Å². The lowest BCUT2D eigenvalue weighted by Crippen LogP contribution is -2.03. The van der Waals surface area contributed by atoms with Crippen LogP contribution >= 0.6 is 26.6 Å². The molecular weight excluding hydrogens is 342 g/mol. The number of nitro groups is 1. The number of carbonyl (C=O) groups is 1. The molecule has 0 unspecified atom stereocenters. The average Bonchev–Trinajstić information content (AvgIpc) is 2.15. The summed E-state index contributed by atoms with van der Waals surface area (Å²) in [7, 11) is 0.756. The number of hydrogen-bond acceptors (Lipinski definition) is 5. The predicted octanol–water partition coefficient (Wildman–Crippen LogP) is 1.98. The molecule has 0 spiro atoms. The number of hydrogen-bond donors (Lipinski definition) is 1. The molecule has 0 aliphatic rings. The van der Waals surface area contributed by atoms with Gasteiger partial charge in [-0.2, -0.15) is 0 Å². The topological polar surface area (TPSA) is 115 Å². The third-order valence-corrected chi connectivity index (χ3v) is 4.17. The quantitative estimate of drug-likeness (QED) is 0.509.